The first-order chi connectivity index (χ1) is 7.81. The molecular formula is C9H12N2O4S. The lowest BCUT2D eigenvalue weighted by atomic mass is 10.1. The molecule has 1 aromatic rings. The average molecular weight is 244 g/mol. The van der Waals surface area contributed by atoms with Crippen LogP contribution in [-0.2, 0) is 9.47 Å². The first kappa shape index (κ1) is 11.4. The smallest absolute Gasteiger partial charge is 0.363 e. The number of nitrogens with zero attached hydrogens (tertiary/aromatic N) is 2. The van der Waals surface area contributed by atoms with E-state index in [4.69, 9.17) is 9.47 Å². The monoisotopic (exact) mass is 244 g/mol. The number of aromatic nitrogens is 2. The van der Waals surface area contributed by atoms with E-state index < -0.39 is 5.97 Å². The lowest BCUT2D eigenvalue weighted by Crippen LogP contribution is -2.29. The van der Waals surface area contributed by atoms with Gasteiger partial charge in [0.25, 0.3) is 0 Å². The Labute approximate surface area is 96.6 Å². The van der Waals surface area contributed by atoms with Gasteiger partial charge in [0.05, 0.1) is 19.8 Å². The Morgan fingerprint density at radius 2 is 2.38 bits per heavy atom. The van der Waals surface area contributed by atoms with E-state index in [-0.39, 0.29) is 5.69 Å². The lowest BCUT2D eigenvalue weighted by Gasteiger charge is -2.24. The molecule has 16 heavy (non-hydrogen) atoms. The van der Waals surface area contributed by atoms with Crippen molar-refractivity contribution in [2.24, 2.45) is 5.92 Å². The summed E-state index contributed by atoms with van der Waals surface area (Å²) in [4.78, 5) is 11.4. The van der Waals surface area contributed by atoms with Crippen molar-refractivity contribution >= 4 is 17.7 Å². The summed E-state index contributed by atoms with van der Waals surface area (Å²) >= 11 is 1.44. The van der Waals surface area contributed by atoms with Gasteiger partial charge in [-0.1, -0.05) is 11.8 Å². The van der Waals surface area contributed by atoms with Gasteiger partial charge in [0.2, 0.25) is 5.69 Å². The summed E-state index contributed by atoms with van der Waals surface area (Å²) in [6.07, 6.45) is 0. The molecule has 0 unspecified atom stereocenters. The van der Waals surface area contributed by atoms with Crippen molar-refractivity contribution in [1.29, 1.82) is 0 Å². The molecule has 2 rings (SSSR count). The Hall–Kier alpha value is -1.08. The van der Waals surface area contributed by atoms with E-state index in [1.165, 1.54) is 11.8 Å². The van der Waals surface area contributed by atoms with Gasteiger partial charge in [-0.25, -0.2) is 9.42 Å². The maximum Gasteiger partial charge on any atom is 0.363 e. The molecule has 6 nitrogen and oxygen atoms in total. The van der Waals surface area contributed by atoms with Gasteiger partial charge in [0.1, 0.15) is 0 Å². The van der Waals surface area contributed by atoms with E-state index in [1.807, 2.05) is 0 Å². The molecule has 0 N–H and O–H groups in total. The third-order valence-electron chi connectivity index (χ3n) is 2.09. The number of hydrogen-bond acceptors (Lipinski definition) is 7. The molecule has 0 atom stereocenters. The summed E-state index contributed by atoms with van der Waals surface area (Å²) < 4.78 is 14.4. The van der Waals surface area contributed by atoms with Crippen LogP contribution in [0.2, 0.25) is 0 Å². The van der Waals surface area contributed by atoms with E-state index in [2.05, 4.69) is 14.9 Å². The Bertz CT molecular complexity index is 364. The molecular weight excluding hydrogens is 232 g/mol. The molecule has 0 bridgehead atoms. The molecule has 1 aromatic heterocycles. The zero-order valence-electron chi connectivity index (χ0n) is 8.84. The zero-order chi connectivity index (χ0) is 11.4. The van der Waals surface area contributed by atoms with Crippen molar-refractivity contribution in [3.05, 3.63) is 5.69 Å². The topological polar surface area (TPSA) is 74.5 Å². The molecule has 0 saturated carbocycles. The van der Waals surface area contributed by atoms with E-state index in [0.717, 1.165) is 19.0 Å². The minimum absolute atomic E-state index is 0.159. The Kier molecular flexibility index (Phi) is 3.79. The Morgan fingerprint density at radius 3 is 3.00 bits per heavy atom. The molecule has 1 aliphatic rings. The molecule has 1 fully saturated rings. The second kappa shape index (κ2) is 5.31. The highest BCUT2D eigenvalue weighted by atomic mass is 32.2. The molecule has 0 aliphatic carbocycles. The van der Waals surface area contributed by atoms with Crippen LogP contribution >= 0.6 is 11.8 Å². The highest BCUT2D eigenvalue weighted by Crippen LogP contribution is 2.25. The van der Waals surface area contributed by atoms with Crippen molar-refractivity contribution in [1.82, 2.24) is 10.3 Å². The largest absolute Gasteiger partial charge is 0.461 e. The number of esters is 1. The van der Waals surface area contributed by atoms with Gasteiger partial charge in [0, 0.05) is 11.7 Å². The van der Waals surface area contributed by atoms with Gasteiger partial charge < -0.3 is 9.47 Å². The minimum atomic E-state index is -0.490. The number of thioether (sulfide) groups is 1. The average Bonchev–Trinajstić information content (AvgIpc) is 2.64. The Balaban J connectivity index is 1.92. The lowest BCUT2D eigenvalue weighted by molar-refractivity contribution is -0.0196. The minimum Gasteiger partial charge on any atom is -0.461 e. The molecule has 7 heteroatoms. The molecule has 1 saturated heterocycles. The SMILES string of the molecule is CCOC(=O)c1nonc1SCC1COC1. The summed E-state index contributed by atoms with van der Waals surface area (Å²) in [7, 11) is 0. The second-order valence-electron chi connectivity index (χ2n) is 3.35. The van der Waals surface area contributed by atoms with Gasteiger partial charge in [-0.15, -0.1) is 0 Å². The van der Waals surface area contributed by atoms with E-state index in [9.17, 15) is 4.79 Å². The molecule has 2 heterocycles. The summed E-state index contributed by atoms with van der Waals surface area (Å²) in [5.41, 5.74) is 0.159. The van der Waals surface area contributed by atoms with Crippen LogP contribution in [0.3, 0.4) is 0 Å². The molecule has 0 amide bonds. The van der Waals surface area contributed by atoms with E-state index >= 15 is 0 Å². The first-order valence-electron chi connectivity index (χ1n) is 5.01. The van der Waals surface area contributed by atoms with Crippen LogP contribution in [-0.4, -0.2) is 41.9 Å². The first-order valence-corrected chi connectivity index (χ1v) is 6.00. The number of rotatable bonds is 5. The fourth-order valence-corrected chi connectivity index (χ4v) is 2.11. The number of carbonyl (C=O) groups is 1. The normalized spacial score (nSPS) is 15.8. The van der Waals surface area contributed by atoms with Crippen molar-refractivity contribution in [2.75, 3.05) is 25.6 Å². The standard InChI is InChI=1S/C9H12N2O4S/c1-2-14-9(12)7-8(11-15-10-7)16-5-6-3-13-4-6/h6H,2-5H2,1H3. The van der Waals surface area contributed by atoms with Crippen LogP contribution in [0.4, 0.5) is 0 Å². The third kappa shape index (κ3) is 2.53. The highest BCUT2D eigenvalue weighted by Gasteiger charge is 2.23. The molecule has 0 spiro atoms. The summed E-state index contributed by atoms with van der Waals surface area (Å²) in [5.74, 6) is 0.883. The molecule has 0 aromatic carbocycles. The molecule has 88 valence electrons. The summed E-state index contributed by atoms with van der Waals surface area (Å²) in [5, 5.41) is 7.72. The maximum absolute atomic E-state index is 11.4. The third-order valence-corrected chi connectivity index (χ3v) is 3.27. The highest BCUT2D eigenvalue weighted by molar-refractivity contribution is 7.99. The number of ether oxygens (including phenoxy) is 2. The van der Waals surface area contributed by atoms with E-state index in [1.54, 1.807) is 6.92 Å². The van der Waals surface area contributed by atoms with Gasteiger partial charge >= 0.3 is 5.97 Å². The summed E-state index contributed by atoms with van der Waals surface area (Å²) in [6, 6.07) is 0. The second-order valence-corrected chi connectivity index (χ2v) is 4.36. The fraction of sp³-hybridized carbons (Fsp3) is 0.667. The predicted octanol–water partition coefficient (Wildman–Crippen LogP) is 0.985. The fourth-order valence-electron chi connectivity index (χ4n) is 1.18. The predicted molar refractivity (Wildman–Crippen MR) is 55.3 cm³/mol. The van der Waals surface area contributed by atoms with Crippen LogP contribution < -0.4 is 0 Å². The van der Waals surface area contributed by atoms with Crippen LogP contribution in [0.25, 0.3) is 0 Å². The van der Waals surface area contributed by atoms with Crippen LogP contribution in [0.1, 0.15) is 17.4 Å². The van der Waals surface area contributed by atoms with Crippen LogP contribution in [0.5, 0.6) is 0 Å². The van der Waals surface area contributed by atoms with Gasteiger partial charge in [-0.3, -0.25) is 0 Å². The van der Waals surface area contributed by atoms with Crippen molar-refractivity contribution in [3.8, 4) is 0 Å². The van der Waals surface area contributed by atoms with Crippen LogP contribution in [0, 0.1) is 5.92 Å². The molecule has 1 aliphatic heterocycles. The van der Waals surface area contributed by atoms with Crippen molar-refractivity contribution < 1.29 is 18.9 Å². The van der Waals surface area contributed by atoms with Crippen LogP contribution in [0.15, 0.2) is 9.65 Å². The van der Waals surface area contributed by atoms with Crippen molar-refractivity contribution in [2.45, 2.75) is 11.9 Å². The quantitative estimate of drug-likeness (QED) is 0.564. The van der Waals surface area contributed by atoms with Gasteiger partial charge in [-0.2, -0.15) is 0 Å². The number of hydrogen-bond donors (Lipinski definition) is 0. The van der Waals surface area contributed by atoms with Crippen molar-refractivity contribution in [3.63, 3.8) is 0 Å². The molecule has 0 radical (unpaired) electrons. The maximum atomic E-state index is 11.4. The van der Waals surface area contributed by atoms with Gasteiger partial charge in [0.15, 0.2) is 5.03 Å². The summed E-state index contributed by atoms with van der Waals surface area (Å²) in [6.45, 7) is 3.59. The number of carbonyl (C=O) groups excluding carboxylic acids is 1. The Morgan fingerprint density at radius 1 is 1.56 bits per heavy atom. The van der Waals surface area contributed by atoms with Gasteiger partial charge in [-0.05, 0) is 17.2 Å². The van der Waals surface area contributed by atoms with E-state index in [0.29, 0.717) is 17.6 Å². The zero-order valence-corrected chi connectivity index (χ0v) is 9.66.